The zero-order valence-corrected chi connectivity index (χ0v) is 24.5. The van der Waals surface area contributed by atoms with Crippen LogP contribution < -0.4 is 16.0 Å². The van der Waals surface area contributed by atoms with Crippen molar-refractivity contribution in [2.45, 2.75) is 52.1 Å². The molecule has 1 aliphatic rings. The van der Waals surface area contributed by atoms with Crippen LogP contribution in [0.3, 0.4) is 0 Å². The molecular weight excluding hydrogens is 542 g/mol. The summed E-state index contributed by atoms with van der Waals surface area (Å²) in [7, 11) is 1.61. The van der Waals surface area contributed by atoms with Gasteiger partial charge in [-0.25, -0.2) is 4.79 Å². The fourth-order valence-corrected chi connectivity index (χ4v) is 5.66. The van der Waals surface area contributed by atoms with E-state index in [4.69, 9.17) is 21.4 Å². The first-order valence-electron chi connectivity index (χ1n) is 14.0. The molecule has 3 aromatic rings. The molecule has 0 unspecified atom stereocenters. The maximum absolute atomic E-state index is 12.2. The van der Waals surface area contributed by atoms with Gasteiger partial charge < -0.3 is 19.3 Å². The van der Waals surface area contributed by atoms with E-state index in [1.54, 1.807) is 7.05 Å². The van der Waals surface area contributed by atoms with Crippen LogP contribution in [0.4, 0.5) is 0 Å². The van der Waals surface area contributed by atoms with E-state index >= 15 is 0 Å². The van der Waals surface area contributed by atoms with Gasteiger partial charge in [-0.15, -0.1) is 0 Å². The van der Waals surface area contributed by atoms with E-state index in [1.165, 1.54) is 21.4 Å². The topological polar surface area (TPSA) is 93.8 Å². The van der Waals surface area contributed by atoms with Crippen LogP contribution in [0.5, 0.6) is 5.75 Å². The number of hydrogen-bond donors (Lipinski definition) is 1. The van der Waals surface area contributed by atoms with Gasteiger partial charge in [0.25, 0.3) is 5.56 Å². The molecule has 0 amide bonds. The molecule has 1 fully saturated rings. The summed E-state index contributed by atoms with van der Waals surface area (Å²) in [6.45, 7) is 8.26. The van der Waals surface area contributed by atoms with Crippen molar-refractivity contribution in [1.82, 2.24) is 14.0 Å². The summed E-state index contributed by atoms with van der Waals surface area (Å²) >= 11 is 6.13. The van der Waals surface area contributed by atoms with Gasteiger partial charge in [0.2, 0.25) is 0 Å². The summed E-state index contributed by atoms with van der Waals surface area (Å²) in [6.07, 6.45) is 5.58. The molecular formula is C32H38ClN3O5. The Labute approximate surface area is 245 Å². The zero-order valence-electron chi connectivity index (χ0n) is 23.7. The minimum atomic E-state index is -0.716. The van der Waals surface area contributed by atoms with Gasteiger partial charge >= 0.3 is 11.7 Å². The molecule has 1 heterocycles. The number of carbonyl (C=O) groups is 1. The van der Waals surface area contributed by atoms with Gasteiger partial charge in [0.05, 0.1) is 6.54 Å². The van der Waals surface area contributed by atoms with Gasteiger partial charge in [0.1, 0.15) is 12.4 Å². The normalized spacial score (nSPS) is 16.8. The van der Waals surface area contributed by atoms with Crippen LogP contribution >= 0.6 is 11.6 Å². The standard InChI is InChI=1S/C32H38ClN3O5/c1-22-18-26(8-13-29(22)41-17-16-36-30(37)14-15-34(3)32(36)40)21-35(23(2)27-9-11-28(33)12-10-27)20-25-6-4-24(5-7-25)19-31(38)39/h8-15,18,24-25H,2,4-7,16-17,19-21H2,1,3H3,(H,38,39). The number of halogens is 1. The van der Waals surface area contributed by atoms with Crippen molar-refractivity contribution in [2.75, 3.05) is 13.2 Å². The first-order valence-corrected chi connectivity index (χ1v) is 14.4. The molecule has 2 aromatic carbocycles. The summed E-state index contributed by atoms with van der Waals surface area (Å²) < 4.78 is 8.48. The highest BCUT2D eigenvalue weighted by Gasteiger charge is 2.25. The molecule has 0 radical (unpaired) electrons. The predicted molar refractivity (Wildman–Crippen MR) is 161 cm³/mol. The van der Waals surface area contributed by atoms with E-state index in [0.29, 0.717) is 23.2 Å². The van der Waals surface area contributed by atoms with Crippen molar-refractivity contribution >= 4 is 23.3 Å². The molecule has 0 bridgehead atoms. The summed E-state index contributed by atoms with van der Waals surface area (Å²) in [4.78, 5) is 37.8. The molecule has 218 valence electrons. The van der Waals surface area contributed by atoms with Gasteiger partial charge in [0.15, 0.2) is 0 Å². The molecule has 0 spiro atoms. The van der Waals surface area contributed by atoms with Crippen molar-refractivity contribution in [3.05, 3.63) is 104 Å². The maximum atomic E-state index is 12.2. The zero-order chi connectivity index (χ0) is 29.5. The second-order valence-electron chi connectivity index (χ2n) is 11.0. The van der Waals surface area contributed by atoms with Crippen LogP contribution in [-0.4, -0.2) is 38.3 Å². The van der Waals surface area contributed by atoms with Gasteiger partial charge in [-0.2, -0.15) is 0 Å². The Morgan fingerprint density at radius 1 is 1.07 bits per heavy atom. The van der Waals surface area contributed by atoms with Crippen LogP contribution in [0.15, 0.2) is 70.9 Å². The molecule has 41 heavy (non-hydrogen) atoms. The number of aryl methyl sites for hydroxylation is 2. The molecule has 8 nitrogen and oxygen atoms in total. The third kappa shape index (κ3) is 8.13. The Morgan fingerprint density at radius 2 is 1.76 bits per heavy atom. The molecule has 0 aliphatic heterocycles. The lowest BCUT2D eigenvalue weighted by Gasteiger charge is -2.35. The summed E-state index contributed by atoms with van der Waals surface area (Å²) in [5, 5.41) is 9.84. The van der Waals surface area contributed by atoms with Crippen LogP contribution in [0.2, 0.25) is 5.02 Å². The summed E-state index contributed by atoms with van der Waals surface area (Å²) in [6, 6.07) is 15.1. The van der Waals surface area contributed by atoms with E-state index < -0.39 is 5.97 Å². The average Bonchev–Trinajstić information content (AvgIpc) is 2.94. The number of hydrogen-bond acceptors (Lipinski definition) is 5. The molecule has 0 atom stereocenters. The fraction of sp³-hybridized carbons (Fsp3) is 0.406. The van der Waals surface area contributed by atoms with Crippen LogP contribution in [-0.2, 0) is 24.9 Å². The minimum absolute atomic E-state index is 0.164. The maximum Gasteiger partial charge on any atom is 0.330 e. The Balaban J connectivity index is 1.44. The van der Waals surface area contributed by atoms with Crippen LogP contribution in [0, 0.1) is 18.8 Å². The third-order valence-electron chi connectivity index (χ3n) is 7.89. The first kappa shape index (κ1) is 30.2. The number of benzene rings is 2. The number of carboxylic acid groups (broad SMARTS) is 1. The van der Waals surface area contributed by atoms with Gasteiger partial charge in [-0.3, -0.25) is 14.2 Å². The van der Waals surface area contributed by atoms with Crippen molar-refractivity contribution in [3.8, 4) is 5.75 Å². The van der Waals surface area contributed by atoms with Gasteiger partial charge in [-0.1, -0.05) is 42.4 Å². The summed E-state index contributed by atoms with van der Waals surface area (Å²) in [5.74, 6) is 0.707. The SMILES string of the molecule is C=C(c1ccc(Cl)cc1)N(Cc1ccc(OCCn2c(=O)ccn(C)c2=O)c(C)c1)CC1CCC(CC(=O)O)CC1. The highest BCUT2D eigenvalue weighted by atomic mass is 35.5. The number of carboxylic acids is 1. The van der Waals surface area contributed by atoms with Crippen LogP contribution in [0.25, 0.3) is 5.70 Å². The highest BCUT2D eigenvalue weighted by Crippen LogP contribution is 2.33. The predicted octanol–water partition coefficient (Wildman–Crippen LogP) is 5.34. The number of nitrogens with zero attached hydrogens (tertiary/aromatic N) is 3. The van der Waals surface area contributed by atoms with Gasteiger partial charge in [0, 0.05) is 49.5 Å². The molecule has 0 saturated heterocycles. The number of aromatic nitrogens is 2. The fourth-order valence-electron chi connectivity index (χ4n) is 5.53. The first-order chi connectivity index (χ1) is 19.6. The minimum Gasteiger partial charge on any atom is -0.491 e. The largest absolute Gasteiger partial charge is 0.491 e. The smallest absolute Gasteiger partial charge is 0.330 e. The monoisotopic (exact) mass is 579 g/mol. The third-order valence-corrected chi connectivity index (χ3v) is 8.14. The molecule has 1 N–H and O–H groups in total. The lowest BCUT2D eigenvalue weighted by Crippen LogP contribution is -2.39. The molecule has 1 aliphatic carbocycles. The van der Waals surface area contributed by atoms with Crippen LogP contribution in [0.1, 0.15) is 48.8 Å². The average molecular weight is 580 g/mol. The quantitative estimate of drug-likeness (QED) is 0.311. The van der Waals surface area contributed by atoms with Crippen molar-refractivity contribution in [1.29, 1.82) is 0 Å². The van der Waals surface area contributed by atoms with E-state index in [1.807, 2.05) is 43.3 Å². The number of rotatable bonds is 12. The second kappa shape index (κ2) is 13.7. The van der Waals surface area contributed by atoms with E-state index in [9.17, 15) is 14.4 Å². The van der Waals surface area contributed by atoms with Gasteiger partial charge in [-0.05, 0) is 79.3 Å². The van der Waals surface area contributed by atoms with Crippen molar-refractivity contribution in [2.24, 2.45) is 18.9 Å². The summed E-state index contributed by atoms with van der Waals surface area (Å²) in [5.41, 5.74) is 3.28. The number of aliphatic carboxylic acids is 1. The molecule has 9 heteroatoms. The number of ether oxygens (including phenoxy) is 1. The Morgan fingerprint density at radius 3 is 2.41 bits per heavy atom. The Hall–Kier alpha value is -3.78. The van der Waals surface area contributed by atoms with Crippen molar-refractivity contribution in [3.63, 3.8) is 0 Å². The van der Waals surface area contributed by atoms with Crippen molar-refractivity contribution < 1.29 is 14.6 Å². The van der Waals surface area contributed by atoms with E-state index in [2.05, 4.69) is 17.5 Å². The molecule has 4 rings (SSSR count). The lowest BCUT2D eigenvalue weighted by atomic mass is 9.80. The highest BCUT2D eigenvalue weighted by molar-refractivity contribution is 6.30. The van der Waals surface area contributed by atoms with E-state index in [0.717, 1.165) is 54.6 Å². The Bertz CT molecular complexity index is 1490. The molecule has 1 saturated carbocycles. The van der Waals surface area contributed by atoms with E-state index in [-0.39, 0.29) is 36.7 Å². The lowest BCUT2D eigenvalue weighted by molar-refractivity contribution is -0.138. The second-order valence-corrected chi connectivity index (χ2v) is 11.4. The molecule has 1 aromatic heterocycles. The Kier molecular flexibility index (Phi) is 10.1.